The Hall–Kier alpha value is -3.65. The van der Waals surface area contributed by atoms with E-state index in [-0.39, 0.29) is 17.3 Å². The lowest BCUT2D eigenvalue weighted by molar-refractivity contribution is 0.102. The predicted molar refractivity (Wildman–Crippen MR) is 149 cm³/mol. The molecule has 8 nitrogen and oxygen atoms in total. The number of methoxy groups -OCH3 is 1. The average molecular weight is 528 g/mol. The number of amides is 1. The normalized spacial score (nSPS) is 14.7. The Morgan fingerprint density at radius 3 is 2.50 bits per heavy atom. The van der Waals surface area contributed by atoms with Gasteiger partial charge in [0.15, 0.2) is 5.78 Å². The minimum atomic E-state index is -0.892. The van der Waals surface area contributed by atoms with Crippen molar-refractivity contribution in [3.05, 3.63) is 87.2 Å². The maximum absolute atomic E-state index is 12.9. The van der Waals surface area contributed by atoms with Crippen molar-refractivity contribution < 1.29 is 29.0 Å². The van der Waals surface area contributed by atoms with Crippen molar-refractivity contribution in [3.63, 3.8) is 0 Å². The summed E-state index contributed by atoms with van der Waals surface area (Å²) in [6.07, 6.45) is 14.6. The number of aliphatic hydroxyl groups is 1. The average Bonchev–Trinajstić information content (AvgIpc) is 2.89. The monoisotopic (exact) mass is 527 g/mol. The van der Waals surface area contributed by atoms with Crippen LogP contribution in [0.2, 0.25) is 0 Å². The fraction of sp³-hybridized carbons (Fsp3) is 0.433. The largest absolute Gasteiger partial charge is 0.507 e. The van der Waals surface area contributed by atoms with Crippen LogP contribution in [0.4, 0.5) is 4.79 Å². The van der Waals surface area contributed by atoms with Gasteiger partial charge < -0.3 is 19.4 Å². The number of hydrogen-bond acceptors (Lipinski definition) is 7. The summed E-state index contributed by atoms with van der Waals surface area (Å²) >= 11 is 0. The van der Waals surface area contributed by atoms with Gasteiger partial charge in [-0.1, -0.05) is 49.0 Å². The molecule has 0 aliphatic heterocycles. The van der Waals surface area contributed by atoms with Crippen molar-refractivity contribution in [1.82, 2.24) is 5.32 Å². The summed E-state index contributed by atoms with van der Waals surface area (Å²) < 4.78 is 9.82. The van der Waals surface area contributed by atoms with E-state index >= 15 is 0 Å². The van der Waals surface area contributed by atoms with Crippen molar-refractivity contribution in [2.45, 2.75) is 78.7 Å². The van der Waals surface area contributed by atoms with Gasteiger partial charge in [0.25, 0.3) is 0 Å². The molecule has 38 heavy (non-hydrogen) atoms. The molecule has 0 aromatic carbocycles. The number of nitrogens with one attached hydrogen (secondary N) is 1. The third-order valence-electron chi connectivity index (χ3n) is 6.06. The molecule has 0 aliphatic carbocycles. The number of rotatable bonds is 14. The lowest BCUT2D eigenvalue weighted by Gasteiger charge is -2.11. The molecule has 2 atom stereocenters. The number of aromatic hydroxyl groups is 1. The smallest absolute Gasteiger partial charge is 0.410 e. The highest BCUT2D eigenvalue weighted by Gasteiger charge is 2.22. The van der Waals surface area contributed by atoms with Gasteiger partial charge in [0.05, 0.1) is 13.2 Å². The summed E-state index contributed by atoms with van der Waals surface area (Å²) in [6, 6.07) is 1.30. The lowest BCUT2D eigenvalue weighted by atomic mass is 9.99. The maximum atomic E-state index is 12.9. The van der Waals surface area contributed by atoms with E-state index in [0.29, 0.717) is 25.7 Å². The Bertz CT molecular complexity index is 1150. The van der Waals surface area contributed by atoms with E-state index in [4.69, 9.17) is 4.42 Å². The summed E-state index contributed by atoms with van der Waals surface area (Å²) in [4.78, 5) is 36.4. The molecular weight excluding hydrogens is 486 g/mol. The van der Waals surface area contributed by atoms with Crippen LogP contribution in [0, 0.1) is 0 Å². The molecule has 1 rings (SSSR count). The van der Waals surface area contributed by atoms with Crippen LogP contribution in [-0.4, -0.2) is 35.3 Å². The van der Waals surface area contributed by atoms with Gasteiger partial charge in [-0.3, -0.25) is 10.1 Å². The molecule has 1 heterocycles. The van der Waals surface area contributed by atoms with Crippen LogP contribution in [0.3, 0.4) is 0 Å². The first-order valence-electron chi connectivity index (χ1n) is 12.7. The summed E-state index contributed by atoms with van der Waals surface area (Å²) in [6.45, 7) is 9.16. The standard InChI is InChI=1S/C30H41NO7/c1-7-8-9-12-21(3)24(32)17-15-20(2)14-16-23(5)28(34)27-25(33)19-26(38-29(27)35)22(4)13-10-11-18-31-30(36)37-6/h7-8,11-12,14,16,18-19,22,24,32-33H,9-10,13,15,17H2,1-6H3,(H,31,36)/b8-7+,18-11+,20-14-,21-12-,23-16+. The molecule has 3 N–H and O–H groups in total. The molecule has 0 bridgehead atoms. The number of carbonyl (C=O) groups is 2. The molecule has 0 aliphatic rings. The van der Waals surface area contributed by atoms with Gasteiger partial charge in [0.1, 0.15) is 17.1 Å². The molecule has 2 unspecified atom stereocenters. The van der Waals surface area contributed by atoms with Crippen molar-refractivity contribution in [2.24, 2.45) is 0 Å². The van der Waals surface area contributed by atoms with Crippen LogP contribution in [0.15, 0.2) is 74.7 Å². The second-order valence-electron chi connectivity index (χ2n) is 9.21. The van der Waals surface area contributed by atoms with Crippen molar-refractivity contribution in [2.75, 3.05) is 7.11 Å². The van der Waals surface area contributed by atoms with E-state index in [2.05, 4.69) is 10.1 Å². The molecule has 1 aromatic rings. The number of carbonyl (C=O) groups excluding carboxylic acids is 2. The van der Waals surface area contributed by atoms with Crippen LogP contribution in [0.5, 0.6) is 5.75 Å². The highest BCUT2D eigenvalue weighted by molar-refractivity contribution is 6.09. The number of Topliss-reactive ketones (excluding diaryl/α,β-unsaturated/α-hetero) is 1. The SMILES string of the molecule is C/C=C/C/C=C(/C)C(O)CC/C(C)=C\C=C(/C)C(=O)c1c(O)cc(C(C)CC/C=C/NC(=O)OC)oc1=O. The topological polar surface area (TPSA) is 126 Å². The Kier molecular flexibility index (Phi) is 14.5. The predicted octanol–water partition coefficient (Wildman–Crippen LogP) is 6.23. The molecule has 8 heteroatoms. The molecular formula is C30H41NO7. The van der Waals surface area contributed by atoms with Gasteiger partial charge in [0.2, 0.25) is 0 Å². The summed E-state index contributed by atoms with van der Waals surface area (Å²) in [7, 11) is 1.27. The lowest BCUT2D eigenvalue weighted by Crippen LogP contribution is -2.17. The molecule has 1 aromatic heterocycles. The second-order valence-corrected chi connectivity index (χ2v) is 9.21. The second kappa shape index (κ2) is 17.0. The van der Waals surface area contributed by atoms with Crippen LogP contribution in [0.1, 0.15) is 88.8 Å². The molecule has 0 saturated heterocycles. The minimum Gasteiger partial charge on any atom is -0.507 e. The van der Waals surface area contributed by atoms with Crippen molar-refractivity contribution in [1.29, 1.82) is 0 Å². The highest BCUT2D eigenvalue weighted by atomic mass is 16.5. The maximum Gasteiger partial charge on any atom is 0.410 e. The Morgan fingerprint density at radius 2 is 1.87 bits per heavy atom. The summed E-state index contributed by atoms with van der Waals surface area (Å²) in [5, 5.41) is 23.2. The number of allylic oxidation sites excluding steroid dienone is 8. The van der Waals surface area contributed by atoms with Gasteiger partial charge in [-0.15, -0.1) is 0 Å². The van der Waals surface area contributed by atoms with E-state index in [9.17, 15) is 24.6 Å². The van der Waals surface area contributed by atoms with Crippen LogP contribution < -0.4 is 10.9 Å². The molecule has 0 saturated carbocycles. The number of ketones is 1. The molecule has 0 spiro atoms. The van der Waals surface area contributed by atoms with E-state index in [1.54, 1.807) is 25.2 Å². The molecule has 208 valence electrons. The van der Waals surface area contributed by atoms with Crippen LogP contribution >= 0.6 is 0 Å². The van der Waals surface area contributed by atoms with Crippen molar-refractivity contribution >= 4 is 11.9 Å². The number of hydrogen-bond donors (Lipinski definition) is 3. The highest BCUT2D eigenvalue weighted by Crippen LogP contribution is 2.26. The van der Waals surface area contributed by atoms with Crippen LogP contribution in [-0.2, 0) is 4.74 Å². The molecule has 0 radical (unpaired) electrons. The Labute approximate surface area is 225 Å². The van der Waals surface area contributed by atoms with E-state index in [1.807, 2.05) is 45.9 Å². The van der Waals surface area contributed by atoms with E-state index < -0.39 is 34.9 Å². The number of alkyl carbamates (subject to hydrolysis) is 1. The first-order valence-corrected chi connectivity index (χ1v) is 12.7. The number of ether oxygens (including phenoxy) is 1. The Balaban J connectivity index is 2.82. The number of aliphatic hydroxyl groups excluding tert-OH is 1. The van der Waals surface area contributed by atoms with Gasteiger partial charge in [-0.25, -0.2) is 9.59 Å². The fourth-order valence-corrected chi connectivity index (χ4v) is 3.45. The summed E-state index contributed by atoms with van der Waals surface area (Å²) in [5.74, 6) is -0.976. The van der Waals surface area contributed by atoms with E-state index in [1.165, 1.54) is 19.4 Å². The zero-order chi connectivity index (χ0) is 28.7. The third kappa shape index (κ3) is 11.2. The molecule has 0 fully saturated rings. The zero-order valence-electron chi connectivity index (χ0n) is 23.2. The van der Waals surface area contributed by atoms with Crippen LogP contribution in [0.25, 0.3) is 0 Å². The van der Waals surface area contributed by atoms with Gasteiger partial charge in [-0.05, 0) is 70.9 Å². The van der Waals surface area contributed by atoms with Gasteiger partial charge in [-0.2, -0.15) is 0 Å². The fourth-order valence-electron chi connectivity index (χ4n) is 3.45. The molecule has 1 amide bonds. The van der Waals surface area contributed by atoms with E-state index in [0.717, 1.165) is 17.6 Å². The third-order valence-corrected chi connectivity index (χ3v) is 6.06. The first kappa shape index (κ1) is 32.4. The zero-order valence-corrected chi connectivity index (χ0v) is 23.2. The summed E-state index contributed by atoms with van der Waals surface area (Å²) in [5.41, 5.74) is 0.870. The van der Waals surface area contributed by atoms with Gasteiger partial charge >= 0.3 is 11.7 Å². The van der Waals surface area contributed by atoms with Gasteiger partial charge in [0, 0.05) is 18.2 Å². The minimum absolute atomic E-state index is 0.209. The van der Waals surface area contributed by atoms with Crippen molar-refractivity contribution in [3.8, 4) is 5.75 Å². The first-order chi connectivity index (χ1) is 18.0. The quantitative estimate of drug-likeness (QED) is 0.113. The Morgan fingerprint density at radius 1 is 1.16 bits per heavy atom.